The second-order valence-electron chi connectivity index (χ2n) is 2.70. The van der Waals surface area contributed by atoms with E-state index in [-0.39, 0.29) is 12.5 Å². The highest BCUT2D eigenvalue weighted by Crippen LogP contribution is 2.01. The van der Waals surface area contributed by atoms with Crippen molar-refractivity contribution in [2.45, 2.75) is 19.4 Å². The molecule has 0 aromatic carbocycles. The molecular formula is C8H17NO3S. The molecule has 0 aliphatic rings. The highest BCUT2D eigenvalue weighted by Gasteiger charge is 2.04. The minimum atomic E-state index is -0.719. The van der Waals surface area contributed by atoms with Gasteiger partial charge in [0.1, 0.15) is 0 Å². The molecule has 0 fully saturated rings. The summed E-state index contributed by atoms with van der Waals surface area (Å²) in [6.45, 7) is 2.44. The lowest BCUT2D eigenvalue weighted by molar-refractivity contribution is -0.118. The average Bonchev–Trinajstić information content (AvgIpc) is 2.14. The van der Waals surface area contributed by atoms with Gasteiger partial charge in [0.2, 0.25) is 5.91 Å². The first-order valence-electron chi connectivity index (χ1n) is 4.34. The van der Waals surface area contributed by atoms with E-state index in [1.54, 1.807) is 0 Å². The SMILES string of the molecule is CCCNC(=O)CSCC(O)CO. The zero-order valence-corrected chi connectivity index (χ0v) is 8.64. The standard InChI is InChI=1S/C8H17NO3S/c1-2-3-9-8(12)6-13-5-7(11)4-10/h7,10-11H,2-6H2,1H3,(H,9,12). The number of aliphatic hydroxyl groups is 2. The van der Waals surface area contributed by atoms with Crippen molar-refractivity contribution < 1.29 is 15.0 Å². The molecule has 1 atom stereocenters. The van der Waals surface area contributed by atoms with Gasteiger partial charge in [0, 0.05) is 12.3 Å². The van der Waals surface area contributed by atoms with Gasteiger partial charge in [-0.25, -0.2) is 0 Å². The Kier molecular flexibility index (Phi) is 8.18. The van der Waals surface area contributed by atoms with Crippen molar-refractivity contribution in [2.24, 2.45) is 0 Å². The van der Waals surface area contributed by atoms with Crippen molar-refractivity contribution >= 4 is 17.7 Å². The quantitative estimate of drug-likeness (QED) is 0.531. The van der Waals surface area contributed by atoms with Crippen LogP contribution in [0.5, 0.6) is 0 Å². The Morgan fingerprint density at radius 1 is 1.62 bits per heavy atom. The van der Waals surface area contributed by atoms with Crippen LogP contribution in [0.2, 0.25) is 0 Å². The molecule has 78 valence electrons. The van der Waals surface area contributed by atoms with Gasteiger partial charge >= 0.3 is 0 Å². The number of carbonyl (C=O) groups is 1. The van der Waals surface area contributed by atoms with Gasteiger partial charge in [0.25, 0.3) is 0 Å². The van der Waals surface area contributed by atoms with Gasteiger partial charge in [-0.2, -0.15) is 0 Å². The van der Waals surface area contributed by atoms with Crippen LogP contribution in [-0.4, -0.2) is 46.9 Å². The summed E-state index contributed by atoms with van der Waals surface area (Å²) >= 11 is 1.32. The van der Waals surface area contributed by atoms with E-state index >= 15 is 0 Å². The number of nitrogens with one attached hydrogen (secondary N) is 1. The molecule has 3 N–H and O–H groups in total. The van der Waals surface area contributed by atoms with Crippen molar-refractivity contribution in [3.05, 3.63) is 0 Å². The van der Waals surface area contributed by atoms with Gasteiger partial charge in [-0.3, -0.25) is 4.79 Å². The third kappa shape index (κ3) is 8.08. The van der Waals surface area contributed by atoms with Gasteiger partial charge in [0.05, 0.1) is 18.5 Å². The minimum Gasteiger partial charge on any atom is -0.394 e. The molecule has 4 nitrogen and oxygen atoms in total. The van der Waals surface area contributed by atoms with Crippen LogP contribution in [0.25, 0.3) is 0 Å². The second-order valence-corrected chi connectivity index (χ2v) is 3.73. The van der Waals surface area contributed by atoms with E-state index in [0.29, 0.717) is 18.1 Å². The topological polar surface area (TPSA) is 69.6 Å². The Bertz CT molecular complexity index is 143. The molecular weight excluding hydrogens is 190 g/mol. The Labute approximate surface area is 82.7 Å². The molecule has 0 saturated carbocycles. The second kappa shape index (κ2) is 8.34. The average molecular weight is 207 g/mol. The molecule has 1 amide bonds. The predicted molar refractivity (Wildman–Crippen MR) is 53.7 cm³/mol. The summed E-state index contributed by atoms with van der Waals surface area (Å²) in [4.78, 5) is 11.0. The molecule has 0 radical (unpaired) electrons. The highest BCUT2D eigenvalue weighted by molar-refractivity contribution is 7.99. The summed E-state index contributed by atoms with van der Waals surface area (Å²) in [7, 11) is 0. The summed E-state index contributed by atoms with van der Waals surface area (Å²) in [5, 5.41) is 20.1. The number of thioether (sulfide) groups is 1. The van der Waals surface area contributed by atoms with Crippen LogP contribution in [0.3, 0.4) is 0 Å². The Morgan fingerprint density at radius 3 is 2.85 bits per heavy atom. The molecule has 5 heteroatoms. The summed E-state index contributed by atoms with van der Waals surface area (Å²) in [5.74, 6) is 0.726. The van der Waals surface area contributed by atoms with E-state index in [0.717, 1.165) is 6.42 Å². The maximum atomic E-state index is 11.0. The molecule has 0 saturated heterocycles. The lowest BCUT2D eigenvalue weighted by Gasteiger charge is -2.06. The minimum absolute atomic E-state index is 0.0167. The molecule has 0 spiro atoms. The van der Waals surface area contributed by atoms with Gasteiger partial charge in [0.15, 0.2) is 0 Å². The van der Waals surface area contributed by atoms with E-state index < -0.39 is 6.10 Å². The number of hydrogen-bond donors (Lipinski definition) is 3. The maximum absolute atomic E-state index is 11.0. The lowest BCUT2D eigenvalue weighted by Crippen LogP contribution is -2.26. The first-order valence-corrected chi connectivity index (χ1v) is 5.49. The first-order chi connectivity index (χ1) is 6.20. The first kappa shape index (κ1) is 12.7. The molecule has 1 unspecified atom stereocenters. The fourth-order valence-electron chi connectivity index (χ4n) is 0.656. The molecule has 0 aromatic heterocycles. The smallest absolute Gasteiger partial charge is 0.229 e. The van der Waals surface area contributed by atoms with E-state index in [9.17, 15) is 4.79 Å². The van der Waals surface area contributed by atoms with Gasteiger partial charge in [-0.15, -0.1) is 11.8 Å². The highest BCUT2D eigenvalue weighted by atomic mass is 32.2. The van der Waals surface area contributed by atoms with Crippen molar-refractivity contribution in [3.8, 4) is 0 Å². The van der Waals surface area contributed by atoms with Crippen molar-refractivity contribution in [3.63, 3.8) is 0 Å². The zero-order valence-electron chi connectivity index (χ0n) is 7.82. The van der Waals surface area contributed by atoms with Crippen LogP contribution < -0.4 is 5.32 Å². The summed E-state index contributed by atoms with van der Waals surface area (Å²) < 4.78 is 0. The molecule has 0 aliphatic carbocycles. The largest absolute Gasteiger partial charge is 0.394 e. The molecule has 0 aromatic rings. The van der Waals surface area contributed by atoms with Gasteiger partial charge in [-0.1, -0.05) is 6.92 Å². The van der Waals surface area contributed by atoms with Crippen LogP contribution in [0, 0.1) is 0 Å². The van der Waals surface area contributed by atoms with Crippen LogP contribution >= 0.6 is 11.8 Å². The maximum Gasteiger partial charge on any atom is 0.229 e. The summed E-state index contributed by atoms with van der Waals surface area (Å²) in [6, 6.07) is 0. The number of amides is 1. The van der Waals surface area contributed by atoms with E-state index in [4.69, 9.17) is 10.2 Å². The summed E-state index contributed by atoms with van der Waals surface area (Å²) in [5.41, 5.74) is 0. The van der Waals surface area contributed by atoms with Crippen molar-refractivity contribution in [1.82, 2.24) is 5.32 Å². The zero-order chi connectivity index (χ0) is 10.1. The number of hydrogen-bond acceptors (Lipinski definition) is 4. The molecule has 0 aliphatic heterocycles. The Hall–Kier alpha value is -0.260. The fourth-order valence-corrected chi connectivity index (χ4v) is 1.44. The monoisotopic (exact) mass is 207 g/mol. The van der Waals surface area contributed by atoms with Gasteiger partial charge < -0.3 is 15.5 Å². The lowest BCUT2D eigenvalue weighted by atomic mass is 10.4. The van der Waals surface area contributed by atoms with Crippen molar-refractivity contribution in [2.75, 3.05) is 24.7 Å². The normalized spacial score (nSPS) is 12.5. The molecule has 13 heavy (non-hydrogen) atoms. The number of carbonyl (C=O) groups excluding carboxylic acids is 1. The fraction of sp³-hybridized carbons (Fsp3) is 0.875. The Balaban J connectivity index is 3.26. The van der Waals surface area contributed by atoms with Gasteiger partial charge in [-0.05, 0) is 6.42 Å². The molecule has 0 heterocycles. The van der Waals surface area contributed by atoms with Crippen LogP contribution in [0.4, 0.5) is 0 Å². The predicted octanol–water partition coefficient (Wildman–Crippen LogP) is -0.401. The van der Waals surface area contributed by atoms with Crippen molar-refractivity contribution in [1.29, 1.82) is 0 Å². The number of rotatable bonds is 7. The van der Waals surface area contributed by atoms with E-state index in [2.05, 4.69) is 5.32 Å². The molecule has 0 rings (SSSR count). The van der Waals surface area contributed by atoms with Crippen LogP contribution in [-0.2, 0) is 4.79 Å². The molecule has 0 bridgehead atoms. The number of aliphatic hydroxyl groups excluding tert-OH is 2. The Morgan fingerprint density at radius 2 is 2.31 bits per heavy atom. The summed E-state index contributed by atoms with van der Waals surface area (Å²) in [6.07, 6.45) is 0.208. The van der Waals surface area contributed by atoms with Crippen LogP contribution in [0.1, 0.15) is 13.3 Å². The van der Waals surface area contributed by atoms with E-state index in [1.807, 2.05) is 6.92 Å². The third-order valence-corrected chi connectivity index (χ3v) is 2.41. The third-order valence-electron chi connectivity index (χ3n) is 1.33. The van der Waals surface area contributed by atoms with Crippen LogP contribution in [0.15, 0.2) is 0 Å². The van der Waals surface area contributed by atoms with E-state index in [1.165, 1.54) is 11.8 Å².